The van der Waals surface area contributed by atoms with Gasteiger partial charge in [-0.15, -0.1) is 6.42 Å². The number of nitrogens with zero attached hydrogens (tertiary/aromatic N) is 1. The zero-order valence-corrected chi connectivity index (χ0v) is 18.1. The van der Waals surface area contributed by atoms with E-state index in [9.17, 15) is 14.4 Å². The molecule has 1 heterocycles. The number of fused-ring (bicyclic) bond motifs is 1. The fraction of sp³-hybridized carbons (Fsp3) is 0.292. The van der Waals surface area contributed by atoms with Crippen molar-refractivity contribution in [3.05, 3.63) is 59.2 Å². The Morgan fingerprint density at radius 2 is 1.94 bits per heavy atom. The van der Waals surface area contributed by atoms with E-state index < -0.39 is 17.7 Å². The van der Waals surface area contributed by atoms with Crippen molar-refractivity contribution >= 4 is 23.7 Å². The summed E-state index contributed by atoms with van der Waals surface area (Å²) in [7, 11) is 1.25. The molecule has 2 amide bonds. The Labute approximate surface area is 186 Å². The maximum Gasteiger partial charge on any atom is 0.407 e. The van der Waals surface area contributed by atoms with Gasteiger partial charge in [0.15, 0.2) is 5.60 Å². The van der Waals surface area contributed by atoms with Crippen LogP contribution in [0.5, 0.6) is 5.75 Å². The first-order chi connectivity index (χ1) is 15.3. The van der Waals surface area contributed by atoms with E-state index in [1.165, 1.54) is 24.1 Å². The van der Waals surface area contributed by atoms with Crippen LogP contribution in [0.15, 0.2) is 42.5 Å². The van der Waals surface area contributed by atoms with Crippen molar-refractivity contribution in [2.45, 2.75) is 26.1 Å². The Kier molecular flexibility index (Phi) is 6.69. The number of amides is 2. The molecule has 0 spiro atoms. The molecule has 0 radical (unpaired) electrons. The van der Waals surface area contributed by atoms with Crippen molar-refractivity contribution in [2.24, 2.45) is 0 Å². The highest BCUT2D eigenvalue weighted by Gasteiger charge is 2.41. The highest BCUT2D eigenvalue weighted by atomic mass is 16.5. The third kappa shape index (κ3) is 4.83. The lowest BCUT2D eigenvalue weighted by atomic mass is 10.00. The summed E-state index contributed by atoms with van der Waals surface area (Å²) in [6.45, 7) is 3.66. The van der Waals surface area contributed by atoms with Crippen molar-refractivity contribution in [3.8, 4) is 18.1 Å². The second kappa shape index (κ2) is 9.43. The van der Waals surface area contributed by atoms with E-state index in [1.54, 1.807) is 13.8 Å². The molecule has 1 aliphatic rings. The molecular formula is C24H24N2O6. The predicted octanol–water partition coefficient (Wildman–Crippen LogP) is 2.88. The summed E-state index contributed by atoms with van der Waals surface area (Å²) in [6.07, 6.45) is 4.93. The van der Waals surface area contributed by atoms with E-state index >= 15 is 0 Å². The van der Waals surface area contributed by atoms with Gasteiger partial charge in [0.1, 0.15) is 12.4 Å². The van der Waals surface area contributed by atoms with Gasteiger partial charge in [0, 0.05) is 18.7 Å². The first kappa shape index (κ1) is 22.7. The molecular weight excluding hydrogens is 412 g/mol. The quantitative estimate of drug-likeness (QED) is 0.553. The van der Waals surface area contributed by atoms with Gasteiger partial charge < -0.3 is 24.4 Å². The van der Waals surface area contributed by atoms with Crippen LogP contribution in [0.1, 0.15) is 35.3 Å². The summed E-state index contributed by atoms with van der Waals surface area (Å²) >= 11 is 0. The topological polar surface area (TPSA) is 94.2 Å². The molecule has 2 aromatic carbocycles. The summed E-state index contributed by atoms with van der Waals surface area (Å²) in [5, 5.41) is 2.63. The molecule has 32 heavy (non-hydrogen) atoms. The second-order valence-corrected chi connectivity index (χ2v) is 7.56. The first-order valence-corrected chi connectivity index (χ1v) is 9.95. The van der Waals surface area contributed by atoms with Gasteiger partial charge in [-0.1, -0.05) is 36.3 Å². The second-order valence-electron chi connectivity index (χ2n) is 7.56. The molecule has 0 aromatic heterocycles. The molecule has 166 valence electrons. The Morgan fingerprint density at radius 3 is 2.59 bits per heavy atom. The number of methoxy groups -OCH3 is 1. The average molecular weight is 436 g/mol. The van der Waals surface area contributed by atoms with Crippen molar-refractivity contribution in [1.82, 2.24) is 5.32 Å². The van der Waals surface area contributed by atoms with E-state index in [4.69, 9.17) is 20.6 Å². The maximum atomic E-state index is 13.0. The highest BCUT2D eigenvalue weighted by Crippen LogP contribution is 2.39. The first-order valence-electron chi connectivity index (χ1n) is 9.95. The van der Waals surface area contributed by atoms with Crippen LogP contribution in [0.3, 0.4) is 0 Å². The molecule has 8 heteroatoms. The Morgan fingerprint density at radius 1 is 1.22 bits per heavy atom. The van der Waals surface area contributed by atoms with Crippen LogP contribution in [0.25, 0.3) is 0 Å². The normalized spacial score (nSPS) is 13.9. The number of esters is 1. The molecule has 0 aliphatic carbocycles. The lowest BCUT2D eigenvalue weighted by molar-refractivity contribution is -0.132. The summed E-state index contributed by atoms with van der Waals surface area (Å²) in [4.78, 5) is 38.6. The summed E-state index contributed by atoms with van der Waals surface area (Å²) in [5.41, 5.74) is 0.516. The molecule has 0 bridgehead atoms. The third-order valence-corrected chi connectivity index (χ3v) is 4.89. The number of alkyl carbamates (subject to hydrolysis) is 1. The molecule has 0 saturated heterocycles. The molecule has 0 saturated carbocycles. The van der Waals surface area contributed by atoms with Gasteiger partial charge in [0.25, 0.3) is 5.91 Å². The van der Waals surface area contributed by atoms with Crippen LogP contribution in [-0.4, -0.2) is 43.8 Å². The van der Waals surface area contributed by atoms with Crippen LogP contribution < -0.4 is 15.0 Å². The fourth-order valence-electron chi connectivity index (χ4n) is 3.28. The van der Waals surface area contributed by atoms with Gasteiger partial charge in [0.2, 0.25) is 0 Å². The maximum absolute atomic E-state index is 13.0. The lowest BCUT2D eigenvalue weighted by Gasteiger charge is -2.39. The van der Waals surface area contributed by atoms with E-state index in [0.29, 0.717) is 17.0 Å². The van der Waals surface area contributed by atoms with Gasteiger partial charge in [0.05, 0.1) is 18.4 Å². The SMILES string of the molecule is C#Cc1cc2c(cc1C(=O)OC)N(CCNC(=O)OCc1ccccc1)C(=O)C(C)(C)O2. The van der Waals surface area contributed by atoms with E-state index in [-0.39, 0.29) is 31.2 Å². The van der Waals surface area contributed by atoms with Crippen LogP contribution in [0.2, 0.25) is 0 Å². The van der Waals surface area contributed by atoms with E-state index in [1.807, 2.05) is 30.3 Å². The van der Waals surface area contributed by atoms with Crippen molar-refractivity contribution in [1.29, 1.82) is 0 Å². The molecule has 0 unspecified atom stereocenters. The number of benzene rings is 2. The zero-order valence-electron chi connectivity index (χ0n) is 18.1. The van der Waals surface area contributed by atoms with Gasteiger partial charge >= 0.3 is 12.1 Å². The van der Waals surface area contributed by atoms with Crippen molar-refractivity contribution in [2.75, 3.05) is 25.1 Å². The predicted molar refractivity (Wildman–Crippen MR) is 117 cm³/mol. The van der Waals surface area contributed by atoms with Gasteiger partial charge in [-0.2, -0.15) is 0 Å². The average Bonchev–Trinajstić information content (AvgIpc) is 2.79. The standard InChI is InChI=1S/C24H24N2O6/c1-5-17-13-20-19(14-18(17)21(27)30-4)26(22(28)24(2,3)32-20)12-11-25-23(29)31-15-16-9-7-6-8-10-16/h1,6-10,13-14H,11-12,15H2,2-4H3,(H,25,29). The number of rotatable bonds is 6. The highest BCUT2D eigenvalue weighted by molar-refractivity contribution is 6.04. The minimum Gasteiger partial charge on any atom is -0.476 e. The number of carbonyl (C=O) groups excluding carboxylic acids is 3. The van der Waals surface area contributed by atoms with Crippen molar-refractivity contribution < 1.29 is 28.6 Å². The zero-order chi connectivity index (χ0) is 23.3. The van der Waals surface area contributed by atoms with Crippen LogP contribution >= 0.6 is 0 Å². The molecule has 1 N–H and O–H groups in total. The summed E-state index contributed by atoms with van der Waals surface area (Å²) < 4.78 is 15.8. The Bertz CT molecular complexity index is 1070. The van der Waals surface area contributed by atoms with Crippen molar-refractivity contribution in [3.63, 3.8) is 0 Å². The smallest absolute Gasteiger partial charge is 0.407 e. The van der Waals surface area contributed by atoms with Gasteiger partial charge in [-0.05, 0) is 31.5 Å². The summed E-state index contributed by atoms with van der Waals surface area (Å²) in [5.74, 6) is 1.86. The lowest BCUT2D eigenvalue weighted by Crippen LogP contribution is -2.54. The number of ether oxygens (including phenoxy) is 3. The molecule has 0 atom stereocenters. The Balaban J connectivity index is 1.74. The molecule has 1 aliphatic heterocycles. The Hall–Kier alpha value is -3.99. The number of hydrogen-bond donors (Lipinski definition) is 1. The van der Waals surface area contributed by atoms with Gasteiger partial charge in [-0.25, -0.2) is 9.59 Å². The van der Waals surface area contributed by atoms with Gasteiger partial charge in [-0.3, -0.25) is 4.79 Å². The minimum atomic E-state index is -1.15. The number of terminal acetylenes is 1. The van der Waals surface area contributed by atoms with E-state index in [0.717, 1.165) is 5.56 Å². The molecule has 8 nitrogen and oxygen atoms in total. The largest absolute Gasteiger partial charge is 0.476 e. The van der Waals surface area contributed by atoms with Crippen LogP contribution in [0.4, 0.5) is 10.5 Å². The number of anilines is 1. The molecule has 2 aromatic rings. The van der Waals surface area contributed by atoms with Crippen LogP contribution in [-0.2, 0) is 20.9 Å². The molecule has 0 fully saturated rings. The van der Waals surface area contributed by atoms with Crippen LogP contribution in [0, 0.1) is 12.3 Å². The monoisotopic (exact) mass is 436 g/mol. The minimum absolute atomic E-state index is 0.124. The number of hydrogen-bond acceptors (Lipinski definition) is 6. The summed E-state index contributed by atoms with van der Waals surface area (Å²) in [6, 6.07) is 12.3. The number of carbonyl (C=O) groups is 3. The van der Waals surface area contributed by atoms with E-state index in [2.05, 4.69) is 11.2 Å². The molecule has 3 rings (SSSR count). The number of nitrogens with one attached hydrogen (secondary N) is 1. The fourth-order valence-corrected chi connectivity index (χ4v) is 3.28. The third-order valence-electron chi connectivity index (χ3n) is 4.89.